The average Bonchev–Trinajstić information content (AvgIpc) is 2.43. The number of anilines is 1. The minimum atomic E-state index is -0.562. The quantitative estimate of drug-likeness (QED) is 0.837. The highest BCUT2D eigenvalue weighted by Gasteiger charge is 2.17. The van der Waals surface area contributed by atoms with E-state index in [1.54, 1.807) is 19.2 Å². The molecule has 1 aromatic carbocycles. The maximum Gasteiger partial charge on any atom is 0.252 e. The van der Waals surface area contributed by atoms with Crippen molar-refractivity contribution in [2.45, 2.75) is 0 Å². The Balaban J connectivity index is 3.27. The van der Waals surface area contributed by atoms with Crippen LogP contribution in [0.5, 0.6) is 17.2 Å². The number of carbonyl (C=O) groups excluding carboxylic acids is 1. The van der Waals surface area contributed by atoms with Gasteiger partial charge in [-0.2, -0.15) is 0 Å². The van der Waals surface area contributed by atoms with Crippen molar-refractivity contribution in [3.05, 3.63) is 12.1 Å². The Morgan fingerprint density at radius 1 is 1.17 bits per heavy atom. The predicted molar refractivity (Wildman–Crippen MR) is 66.6 cm³/mol. The molecule has 18 heavy (non-hydrogen) atoms. The third-order valence-corrected chi connectivity index (χ3v) is 2.55. The Bertz CT molecular complexity index is 407. The number of aliphatic hydroxyl groups is 1. The summed E-state index contributed by atoms with van der Waals surface area (Å²) in [6.45, 7) is -0.562. The molecule has 0 unspecified atom stereocenters. The number of hydrogen-bond donors (Lipinski definition) is 1. The van der Waals surface area contributed by atoms with Gasteiger partial charge in [-0.15, -0.1) is 0 Å². The highest BCUT2D eigenvalue weighted by atomic mass is 16.5. The van der Waals surface area contributed by atoms with Crippen LogP contribution in [-0.2, 0) is 4.79 Å². The Hall–Kier alpha value is -1.95. The summed E-state index contributed by atoms with van der Waals surface area (Å²) in [5.41, 5.74) is 0.545. The van der Waals surface area contributed by atoms with E-state index in [1.165, 1.54) is 26.2 Å². The van der Waals surface area contributed by atoms with Crippen molar-refractivity contribution >= 4 is 11.6 Å². The number of methoxy groups -OCH3 is 3. The second-order valence-corrected chi connectivity index (χ2v) is 3.49. The number of ether oxygens (including phenoxy) is 3. The van der Waals surface area contributed by atoms with Gasteiger partial charge in [0, 0.05) is 19.2 Å². The monoisotopic (exact) mass is 255 g/mol. The lowest BCUT2D eigenvalue weighted by Crippen LogP contribution is -2.28. The summed E-state index contributed by atoms with van der Waals surface area (Å²) in [5.74, 6) is 0.923. The van der Waals surface area contributed by atoms with Gasteiger partial charge in [-0.25, -0.2) is 0 Å². The summed E-state index contributed by atoms with van der Waals surface area (Å²) < 4.78 is 15.5. The molecule has 0 heterocycles. The van der Waals surface area contributed by atoms with Crippen LogP contribution in [0, 0.1) is 0 Å². The molecule has 0 saturated carbocycles. The SMILES string of the molecule is COc1cc(N(C)C(=O)CO)cc(OC)c1OC. The molecule has 0 aliphatic rings. The fraction of sp³-hybridized carbons (Fsp3) is 0.417. The van der Waals surface area contributed by atoms with Gasteiger partial charge in [-0.1, -0.05) is 0 Å². The Labute approximate surface area is 106 Å². The molecule has 6 nitrogen and oxygen atoms in total. The molecule has 0 saturated heterocycles. The Morgan fingerprint density at radius 2 is 1.67 bits per heavy atom. The number of carbonyl (C=O) groups is 1. The van der Waals surface area contributed by atoms with E-state index in [-0.39, 0.29) is 0 Å². The number of rotatable bonds is 5. The zero-order chi connectivity index (χ0) is 13.7. The summed E-state index contributed by atoms with van der Waals surface area (Å²) in [6, 6.07) is 3.27. The van der Waals surface area contributed by atoms with Crippen molar-refractivity contribution in [2.24, 2.45) is 0 Å². The third-order valence-electron chi connectivity index (χ3n) is 2.55. The molecule has 6 heteroatoms. The van der Waals surface area contributed by atoms with E-state index in [0.29, 0.717) is 22.9 Å². The molecule has 0 aliphatic carbocycles. The first-order valence-electron chi connectivity index (χ1n) is 5.26. The van der Waals surface area contributed by atoms with Gasteiger partial charge in [0.2, 0.25) is 5.75 Å². The minimum Gasteiger partial charge on any atom is -0.493 e. The van der Waals surface area contributed by atoms with E-state index in [4.69, 9.17) is 19.3 Å². The lowest BCUT2D eigenvalue weighted by atomic mass is 10.2. The molecular weight excluding hydrogens is 238 g/mol. The number of hydrogen-bond acceptors (Lipinski definition) is 5. The first-order chi connectivity index (χ1) is 8.58. The van der Waals surface area contributed by atoms with Gasteiger partial charge >= 0.3 is 0 Å². The maximum absolute atomic E-state index is 11.4. The normalized spacial score (nSPS) is 9.83. The molecule has 0 aromatic heterocycles. The van der Waals surface area contributed by atoms with Crippen LogP contribution in [0.25, 0.3) is 0 Å². The summed E-state index contributed by atoms with van der Waals surface area (Å²) >= 11 is 0. The number of amides is 1. The van der Waals surface area contributed by atoms with Crippen LogP contribution in [-0.4, -0.2) is 46.0 Å². The smallest absolute Gasteiger partial charge is 0.252 e. The second-order valence-electron chi connectivity index (χ2n) is 3.49. The molecule has 1 aromatic rings. The van der Waals surface area contributed by atoms with Crippen molar-refractivity contribution < 1.29 is 24.1 Å². The van der Waals surface area contributed by atoms with Crippen molar-refractivity contribution in [3.8, 4) is 17.2 Å². The molecule has 0 fully saturated rings. The summed E-state index contributed by atoms with van der Waals surface area (Å²) in [6.07, 6.45) is 0. The number of benzene rings is 1. The zero-order valence-electron chi connectivity index (χ0n) is 10.9. The third kappa shape index (κ3) is 2.65. The average molecular weight is 255 g/mol. The van der Waals surface area contributed by atoms with Gasteiger partial charge in [0.25, 0.3) is 5.91 Å². The van der Waals surface area contributed by atoms with Crippen molar-refractivity contribution in [3.63, 3.8) is 0 Å². The van der Waals surface area contributed by atoms with E-state index >= 15 is 0 Å². The van der Waals surface area contributed by atoms with Gasteiger partial charge in [0.15, 0.2) is 11.5 Å². The first-order valence-corrected chi connectivity index (χ1v) is 5.26. The summed E-state index contributed by atoms with van der Waals surface area (Å²) in [5, 5.41) is 8.84. The van der Waals surface area contributed by atoms with Gasteiger partial charge < -0.3 is 24.2 Å². The Morgan fingerprint density at radius 3 is 2.00 bits per heavy atom. The van der Waals surface area contributed by atoms with Gasteiger partial charge in [-0.05, 0) is 0 Å². The number of aliphatic hydroxyl groups excluding tert-OH is 1. The predicted octanol–water partition coefficient (Wildman–Crippen LogP) is 0.667. The first kappa shape index (κ1) is 14.1. The van der Waals surface area contributed by atoms with Crippen molar-refractivity contribution in [1.29, 1.82) is 0 Å². The molecule has 1 N–H and O–H groups in total. The Kier molecular flexibility index (Phi) is 4.79. The largest absolute Gasteiger partial charge is 0.493 e. The van der Waals surface area contributed by atoms with Gasteiger partial charge in [-0.3, -0.25) is 4.79 Å². The fourth-order valence-electron chi connectivity index (χ4n) is 1.51. The minimum absolute atomic E-state index is 0.427. The molecule has 0 aliphatic heterocycles. The van der Waals surface area contributed by atoms with Crippen molar-refractivity contribution in [1.82, 2.24) is 0 Å². The number of nitrogens with zero attached hydrogens (tertiary/aromatic N) is 1. The fourth-order valence-corrected chi connectivity index (χ4v) is 1.51. The van der Waals surface area contributed by atoms with Crippen molar-refractivity contribution in [2.75, 3.05) is 39.9 Å². The number of likely N-dealkylation sites (N-methyl/N-ethyl adjacent to an activating group) is 1. The van der Waals surface area contributed by atoms with Gasteiger partial charge in [0.05, 0.1) is 27.0 Å². The van der Waals surface area contributed by atoms with Crippen LogP contribution < -0.4 is 19.1 Å². The lowest BCUT2D eigenvalue weighted by Gasteiger charge is -2.20. The van der Waals surface area contributed by atoms with Crippen LogP contribution in [0.1, 0.15) is 0 Å². The topological polar surface area (TPSA) is 68.2 Å². The van der Waals surface area contributed by atoms with Crippen LogP contribution in [0.15, 0.2) is 12.1 Å². The molecule has 1 rings (SSSR count). The summed E-state index contributed by atoms with van der Waals surface area (Å²) in [4.78, 5) is 12.7. The zero-order valence-corrected chi connectivity index (χ0v) is 10.9. The molecule has 100 valence electrons. The molecule has 0 spiro atoms. The molecule has 0 atom stereocenters. The van der Waals surface area contributed by atoms with Crippen LogP contribution in [0.2, 0.25) is 0 Å². The van der Waals surface area contributed by atoms with Crippen LogP contribution in [0.4, 0.5) is 5.69 Å². The van der Waals surface area contributed by atoms with E-state index < -0.39 is 12.5 Å². The van der Waals surface area contributed by atoms with Gasteiger partial charge in [0.1, 0.15) is 6.61 Å². The molecule has 0 bridgehead atoms. The lowest BCUT2D eigenvalue weighted by molar-refractivity contribution is -0.120. The van der Waals surface area contributed by atoms with Crippen LogP contribution >= 0.6 is 0 Å². The molecule has 1 amide bonds. The maximum atomic E-state index is 11.4. The van der Waals surface area contributed by atoms with E-state index in [0.717, 1.165) is 0 Å². The van der Waals surface area contributed by atoms with Crippen LogP contribution in [0.3, 0.4) is 0 Å². The highest BCUT2D eigenvalue weighted by molar-refractivity contribution is 5.94. The molecule has 0 radical (unpaired) electrons. The highest BCUT2D eigenvalue weighted by Crippen LogP contribution is 2.40. The van der Waals surface area contributed by atoms with E-state index in [1.807, 2.05) is 0 Å². The van der Waals surface area contributed by atoms with E-state index in [9.17, 15) is 4.79 Å². The summed E-state index contributed by atoms with van der Waals surface area (Å²) in [7, 11) is 6.05. The van der Waals surface area contributed by atoms with E-state index in [2.05, 4.69) is 0 Å². The molecular formula is C12H17NO5. The standard InChI is InChI=1S/C12H17NO5/c1-13(11(15)7-14)8-5-9(16-2)12(18-4)10(6-8)17-3/h5-6,14H,7H2,1-4H3. The second kappa shape index (κ2) is 6.11.